The van der Waals surface area contributed by atoms with E-state index in [0.29, 0.717) is 11.6 Å². The van der Waals surface area contributed by atoms with Gasteiger partial charge in [0.2, 0.25) is 11.8 Å². The molecular weight excluding hydrogens is 208 g/mol. The van der Waals surface area contributed by atoms with Crippen LogP contribution in [0.4, 0.5) is 5.69 Å². The third kappa shape index (κ3) is 3.84. The molecule has 0 aliphatic carbocycles. The number of rotatable bonds is 5. The summed E-state index contributed by atoms with van der Waals surface area (Å²) in [4.78, 5) is 15.1. The molecule has 1 aromatic rings. The van der Waals surface area contributed by atoms with Crippen molar-refractivity contribution in [3.63, 3.8) is 0 Å². The predicted octanol–water partition coefficient (Wildman–Crippen LogP) is 0.142. The first kappa shape index (κ1) is 11.8. The van der Waals surface area contributed by atoms with Crippen molar-refractivity contribution in [3.05, 3.63) is 18.3 Å². The molecule has 1 rings (SSSR count). The van der Waals surface area contributed by atoms with E-state index in [1.807, 2.05) is 6.07 Å². The molecule has 0 spiro atoms. The van der Waals surface area contributed by atoms with Crippen LogP contribution in [-0.4, -0.2) is 31.1 Å². The molecule has 0 aliphatic rings. The van der Waals surface area contributed by atoms with Crippen LogP contribution in [0.25, 0.3) is 0 Å². The van der Waals surface area contributed by atoms with Gasteiger partial charge in [0.15, 0.2) is 0 Å². The average molecular weight is 220 g/mol. The number of anilines is 1. The zero-order valence-electron chi connectivity index (χ0n) is 8.86. The second-order valence-corrected chi connectivity index (χ2v) is 2.88. The summed E-state index contributed by atoms with van der Waals surface area (Å²) in [5.41, 5.74) is 0.716. The van der Waals surface area contributed by atoms with Crippen LogP contribution < -0.4 is 15.4 Å². The Morgan fingerprint density at radius 3 is 3.00 bits per heavy atom. The van der Waals surface area contributed by atoms with Crippen LogP contribution in [-0.2, 0) is 4.79 Å². The Kier molecular flexibility index (Phi) is 4.60. The second kappa shape index (κ2) is 6.24. The molecule has 0 radical (unpaired) electrons. The van der Waals surface area contributed by atoms with Gasteiger partial charge in [-0.25, -0.2) is 4.98 Å². The van der Waals surface area contributed by atoms with Crippen LogP contribution in [0.15, 0.2) is 18.3 Å². The number of nitrogens with one attached hydrogen (secondary N) is 2. The van der Waals surface area contributed by atoms with Crippen LogP contribution in [0.2, 0.25) is 0 Å². The first-order valence-corrected chi connectivity index (χ1v) is 4.64. The van der Waals surface area contributed by atoms with Crippen LogP contribution >= 0.6 is 0 Å². The SMILES string of the molecule is COc1ccc(NCC(=O)NCC#N)cn1. The number of ether oxygens (including phenoxy) is 1. The van der Waals surface area contributed by atoms with Crippen LogP contribution in [0, 0.1) is 11.3 Å². The summed E-state index contributed by atoms with van der Waals surface area (Å²) < 4.78 is 4.89. The van der Waals surface area contributed by atoms with Crippen molar-refractivity contribution in [2.24, 2.45) is 0 Å². The molecule has 0 aliphatic heterocycles. The maximum absolute atomic E-state index is 11.1. The molecule has 6 heteroatoms. The monoisotopic (exact) mass is 220 g/mol. The van der Waals surface area contributed by atoms with Gasteiger partial charge < -0.3 is 15.4 Å². The first-order chi connectivity index (χ1) is 7.76. The van der Waals surface area contributed by atoms with Crippen LogP contribution in [0.5, 0.6) is 5.88 Å². The van der Waals surface area contributed by atoms with Gasteiger partial charge in [0, 0.05) is 6.07 Å². The van der Waals surface area contributed by atoms with Crippen molar-refractivity contribution in [1.82, 2.24) is 10.3 Å². The summed E-state index contributed by atoms with van der Waals surface area (Å²) in [6.45, 7) is 0.122. The minimum Gasteiger partial charge on any atom is -0.481 e. The van der Waals surface area contributed by atoms with Gasteiger partial charge in [0.05, 0.1) is 31.6 Å². The van der Waals surface area contributed by atoms with E-state index in [1.165, 1.54) is 7.11 Å². The maximum Gasteiger partial charge on any atom is 0.240 e. The number of pyridine rings is 1. The highest BCUT2D eigenvalue weighted by molar-refractivity contribution is 5.80. The van der Waals surface area contributed by atoms with Crippen molar-refractivity contribution in [3.8, 4) is 11.9 Å². The van der Waals surface area contributed by atoms with E-state index in [9.17, 15) is 4.79 Å². The van der Waals surface area contributed by atoms with Crippen molar-refractivity contribution >= 4 is 11.6 Å². The molecule has 0 atom stereocenters. The largest absolute Gasteiger partial charge is 0.481 e. The summed E-state index contributed by atoms with van der Waals surface area (Å²) in [5, 5.41) is 13.5. The molecule has 1 amide bonds. The average Bonchev–Trinajstić information content (AvgIpc) is 2.34. The van der Waals surface area contributed by atoms with E-state index < -0.39 is 0 Å². The quantitative estimate of drug-likeness (QED) is 0.689. The van der Waals surface area contributed by atoms with Gasteiger partial charge in [-0.15, -0.1) is 0 Å². The summed E-state index contributed by atoms with van der Waals surface area (Å²) >= 11 is 0. The Labute approximate surface area is 93.2 Å². The van der Waals surface area contributed by atoms with Crippen molar-refractivity contribution in [1.29, 1.82) is 5.26 Å². The zero-order valence-corrected chi connectivity index (χ0v) is 8.86. The predicted molar refractivity (Wildman–Crippen MR) is 57.9 cm³/mol. The van der Waals surface area contributed by atoms with Gasteiger partial charge in [-0.05, 0) is 6.07 Å². The number of carbonyl (C=O) groups is 1. The summed E-state index contributed by atoms with van der Waals surface area (Å²) in [6, 6.07) is 5.27. The fourth-order valence-corrected chi connectivity index (χ4v) is 0.989. The normalized spacial score (nSPS) is 9.00. The van der Waals surface area contributed by atoms with E-state index >= 15 is 0 Å². The Morgan fingerprint density at radius 2 is 2.44 bits per heavy atom. The lowest BCUT2D eigenvalue weighted by atomic mass is 10.4. The molecule has 2 N–H and O–H groups in total. The summed E-state index contributed by atoms with van der Waals surface area (Å²) in [6.07, 6.45) is 1.57. The van der Waals surface area contributed by atoms with Crippen LogP contribution in [0.3, 0.4) is 0 Å². The molecule has 1 heterocycles. The van der Waals surface area contributed by atoms with Crippen molar-refractivity contribution < 1.29 is 9.53 Å². The molecule has 84 valence electrons. The number of methoxy groups -OCH3 is 1. The van der Waals surface area contributed by atoms with Crippen molar-refractivity contribution in [2.45, 2.75) is 0 Å². The highest BCUT2D eigenvalue weighted by atomic mass is 16.5. The third-order valence-electron chi connectivity index (χ3n) is 1.76. The first-order valence-electron chi connectivity index (χ1n) is 4.64. The molecule has 1 aromatic heterocycles. The fourth-order valence-electron chi connectivity index (χ4n) is 0.989. The van der Waals surface area contributed by atoms with Gasteiger partial charge >= 0.3 is 0 Å². The number of aromatic nitrogens is 1. The number of nitrogens with zero attached hydrogens (tertiary/aromatic N) is 2. The number of nitriles is 1. The highest BCUT2D eigenvalue weighted by Gasteiger charge is 2.00. The third-order valence-corrected chi connectivity index (χ3v) is 1.76. The lowest BCUT2D eigenvalue weighted by Crippen LogP contribution is -2.29. The molecular formula is C10H12N4O2. The van der Waals surface area contributed by atoms with Gasteiger partial charge in [-0.3, -0.25) is 4.79 Å². The van der Waals surface area contributed by atoms with Crippen LogP contribution in [0.1, 0.15) is 0 Å². The molecule has 0 unspecified atom stereocenters. The van der Waals surface area contributed by atoms with E-state index in [1.54, 1.807) is 18.3 Å². The van der Waals surface area contributed by atoms with E-state index in [-0.39, 0.29) is 19.0 Å². The highest BCUT2D eigenvalue weighted by Crippen LogP contribution is 2.10. The molecule has 0 saturated carbocycles. The summed E-state index contributed by atoms with van der Waals surface area (Å²) in [5.74, 6) is 0.275. The lowest BCUT2D eigenvalue weighted by Gasteiger charge is -2.05. The van der Waals surface area contributed by atoms with E-state index in [2.05, 4.69) is 15.6 Å². The van der Waals surface area contributed by atoms with Gasteiger partial charge in [-0.1, -0.05) is 0 Å². The van der Waals surface area contributed by atoms with E-state index in [0.717, 1.165) is 0 Å². The number of amides is 1. The Hall–Kier alpha value is -2.29. The van der Waals surface area contributed by atoms with Crippen molar-refractivity contribution in [2.75, 3.05) is 25.5 Å². The molecule has 16 heavy (non-hydrogen) atoms. The molecule has 0 aromatic carbocycles. The topological polar surface area (TPSA) is 87.0 Å². The number of hydrogen-bond acceptors (Lipinski definition) is 5. The molecule has 0 fully saturated rings. The minimum atomic E-state index is -0.239. The second-order valence-electron chi connectivity index (χ2n) is 2.88. The van der Waals surface area contributed by atoms with E-state index in [4.69, 9.17) is 10.00 Å². The Balaban J connectivity index is 2.37. The van der Waals surface area contributed by atoms with Gasteiger partial charge in [0.25, 0.3) is 0 Å². The fraction of sp³-hybridized carbons (Fsp3) is 0.300. The Bertz CT molecular complexity index is 383. The number of hydrogen-bond donors (Lipinski definition) is 2. The Morgan fingerprint density at radius 1 is 1.62 bits per heavy atom. The van der Waals surface area contributed by atoms with Gasteiger partial charge in [0.1, 0.15) is 6.54 Å². The number of carbonyl (C=O) groups excluding carboxylic acids is 1. The molecule has 0 saturated heterocycles. The lowest BCUT2D eigenvalue weighted by molar-refractivity contribution is -0.119. The standard InChI is InChI=1S/C10H12N4O2/c1-16-10-3-2-8(6-14-10)13-7-9(15)12-5-4-11/h2-3,6,13H,5,7H2,1H3,(H,12,15). The smallest absolute Gasteiger partial charge is 0.240 e. The van der Waals surface area contributed by atoms with Gasteiger partial charge in [-0.2, -0.15) is 5.26 Å². The maximum atomic E-state index is 11.1. The molecule has 6 nitrogen and oxygen atoms in total. The minimum absolute atomic E-state index is 0.0153. The zero-order chi connectivity index (χ0) is 11.8. The molecule has 0 bridgehead atoms. The summed E-state index contributed by atoms with van der Waals surface area (Å²) in [7, 11) is 1.53.